The van der Waals surface area contributed by atoms with Crippen LogP contribution < -0.4 is 5.73 Å². The molecule has 4 heteroatoms. The molecule has 0 amide bonds. The Kier molecular flexibility index (Phi) is 3.95. The average molecular weight is 239 g/mol. The fourth-order valence-corrected chi connectivity index (χ4v) is 2.99. The van der Waals surface area contributed by atoms with Crippen molar-refractivity contribution in [1.29, 1.82) is 0 Å². The van der Waals surface area contributed by atoms with E-state index in [1.165, 1.54) is 31.6 Å². The highest BCUT2D eigenvalue weighted by Crippen LogP contribution is 2.22. The van der Waals surface area contributed by atoms with E-state index in [0.29, 0.717) is 0 Å². The quantitative estimate of drug-likeness (QED) is 0.877. The van der Waals surface area contributed by atoms with Crippen LogP contribution in [0.5, 0.6) is 0 Å². The van der Waals surface area contributed by atoms with Gasteiger partial charge in [-0.1, -0.05) is 13.3 Å². The molecule has 90 valence electrons. The summed E-state index contributed by atoms with van der Waals surface area (Å²) in [4.78, 5) is 7.08. The van der Waals surface area contributed by atoms with Gasteiger partial charge in [0.2, 0.25) is 0 Å². The zero-order valence-corrected chi connectivity index (χ0v) is 11.0. The normalized spacial score (nSPS) is 23.8. The smallest absolute Gasteiger partial charge is 0.109 e. The maximum absolute atomic E-state index is 5.81. The number of aromatic nitrogens is 1. The van der Waals surface area contributed by atoms with Gasteiger partial charge < -0.3 is 5.73 Å². The number of nitrogens with two attached hydrogens (primary N) is 1. The molecule has 1 aliphatic heterocycles. The van der Waals surface area contributed by atoms with Gasteiger partial charge in [-0.15, -0.1) is 11.3 Å². The summed E-state index contributed by atoms with van der Waals surface area (Å²) in [5.41, 5.74) is 7.00. The van der Waals surface area contributed by atoms with Crippen molar-refractivity contribution >= 4 is 11.3 Å². The lowest BCUT2D eigenvalue weighted by Crippen LogP contribution is -2.20. The van der Waals surface area contributed by atoms with E-state index in [1.54, 1.807) is 11.3 Å². The first-order valence-electron chi connectivity index (χ1n) is 6.11. The molecular weight excluding hydrogens is 218 g/mol. The first-order chi connectivity index (χ1) is 7.69. The van der Waals surface area contributed by atoms with Crippen LogP contribution in [0.1, 0.15) is 43.4 Å². The summed E-state index contributed by atoms with van der Waals surface area (Å²) in [5.74, 6) is 0.895. The minimum Gasteiger partial charge on any atom is -0.322 e. The summed E-state index contributed by atoms with van der Waals surface area (Å²) in [6.07, 6.45) is 2.65. The molecule has 0 aromatic carbocycles. The monoisotopic (exact) mass is 239 g/mol. The lowest BCUT2D eigenvalue weighted by atomic mass is 10.1. The van der Waals surface area contributed by atoms with E-state index in [0.717, 1.165) is 17.5 Å². The van der Waals surface area contributed by atoms with Gasteiger partial charge in [-0.3, -0.25) is 4.90 Å². The second kappa shape index (κ2) is 5.25. The Morgan fingerprint density at radius 1 is 1.69 bits per heavy atom. The second-order valence-electron chi connectivity index (χ2n) is 4.76. The molecule has 1 saturated heterocycles. The summed E-state index contributed by atoms with van der Waals surface area (Å²) in [6.45, 7) is 7.74. The minimum absolute atomic E-state index is 0.0701. The van der Waals surface area contributed by atoms with Crippen LogP contribution >= 0.6 is 11.3 Å². The lowest BCUT2D eigenvalue weighted by Gasteiger charge is -2.13. The van der Waals surface area contributed by atoms with Gasteiger partial charge in [-0.05, 0) is 25.8 Å². The highest BCUT2D eigenvalue weighted by atomic mass is 32.1. The Hall–Kier alpha value is -0.450. The summed E-state index contributed by atoms with van der Waals surface area (Å²) in [7, 11) is 0. The zero-order valence-electron chi connectivity index (χ0n) is 10.1. The molecule has 2 atom stereocenters. The molecule has 2 heterocycles. The highest BCUT2D eigenvalue weighted by molar-refractivity contribution is 7.09. The Labute approximate surface area is 102 Å². The summed E-state index contributed by atoms with van der Waals surface area (Å²) >= 11 is 1.68. The summed E-state index contributed by atoms with van der Waals surface area (Å²) in [5, 5.41) is 3.21. The van der Waals surface area contributed by atoms with E-state index in [9.17, 15) is 0 Å². The molecule has 3 nitrogen and oxygen atoms in total. The van der Waals surface area contributed by atoms with Gasteiger partial charge in [0.25, 0.3) is 0 Å². The molecule has 0 radical (unpaired) electrons. The molecule has 1 aromatic rings. The average Bonchev–Trinajstić information content (AvgIpc) is 2.87. The third kappa shape index (κ3) is 2.81. The minimum atomic E-state index is 0.0701. The van der Waals surface area contributed by atoms with Gasteiger partial charge in [0.05, 0.1) is 11.7 Å². The maximum Gasteiger partial charge on any atom is 0.109 e. The van der Waals surface area contributed by atoms with E-state index < -0.39 is 0 Å². The Bertz CT molecular complexity index is 335. The fraction of sp³-hybridized carbons (Fsp3) is 0.750. The van der Waals surface area contributed by atoms with Crippen molar-refractivity contribution < 1.29 is 0 Å². The predicted molar refractivity (Wildman–Crippen MR) is 68.4 cm³/mol. The SMILES string of the molecule is CCC1CCN(Cc2csc(C(C)N)n2)C1. The van der Waals surface area contributed by atoms with E-state index in [-0.39, 0.29) is 6.04 Å². The Morgan fingerprint density at radius 2 is 2.50 bits per heavy atom. The van der Waals surface area contributed by atoms with E-state index in [4.69, 9.17) is 5.73 Å². The number of rotatable bonds is 4. The van der Waals surface area contributed by atoms with E-state index >= 15 is 0 Å². The Balaban J connectivity index is 1.89. The van der Waals surface area contributed by atoms with Gasteiger partial charge in [-0.2, -0.15) is 0 Å². The van der Waals surface area contributed by atoms with Crippen molar-refractivity contribution in [2.45, 2.75) is 39.3 Å². The van der Waals surface area contributed by atoms with Gasteiger partial charge in [0.1, 0.15) is 5.01 Å². The molecular formula is C12H21N3S. The number of thiazole rings is 1. The molecule has 0 aliphatic carbocycles. The van der Waals surface area contributed by atoms with Crippen LogP contribution in [0.4, 0.5) is 0 Å². The highest BCUT2D eigenvalue weighted by Gasteiger charge is 2.21. The predicted octanol–water partition coefficient (Wildman–Crippen LogP) is 2.39. The van der Waals surface area contributed by atoms with E-state index in [1.807, 2.05) is 6.92 Å². The van der Waals surface area contributed by atoms with Crippen LogP contribution in [0.3, 0.4) is 0 Å². The summed E-state index contributed by atoms with van der Waals surface area (Å²) in [6, 6.07) is 0.0701. The molecule has 2 unspecified atom stereocenters. The van der Waals surface area contributed by atoms with Gasteiger partial charge in [-0.25, -0.2) is 4.98 Å². The van der Waals surface area contributed by atoms with Crippen LogP contribution in [0, 0.1) is 5.92 Å². The molecule has 1 fully saturated rings. The van der Waals surface area contributed by atoms with Crippen molar-refractivity contribution in [3.63, 3.8) is 0 Å². The third-order valence-corrected chi connectivity index (χ3v) is 4.39. The molecule has 0 bridgehead atoms. The number of likely N-dealkylation sites (tertiary alicyclic amines) is 1. The number of hydrogen-bond acceptors (Lipinski definition) is 4. The zero-order chi connectivity index (χ0) is 11.5. The largest absolute Gasteiger partial charge is 0.322 e. The van der Waals surface area contributed by atoms with E-state index in [2.05, 4.69) is 22.2 Å². The van der Waals surface area contributed by atoms with Crippen molar-refractivity contribution in [2.24, 2.45) is 11.7 Å². The molecule has 0 saturated carbocycles. The van der Waals surface area contributed by atoms with Crippen molar-refractivity contribution in [3.8, 4) is 0 Å². The second-order valence-corrected chi connectivity index (χ2v) is 5.65. The first kappa shape index (κ1) is 12.0. The molecule has 0 spiro atoms. The Morgan fingerprint density at radius 3 is 3.06 bits per heavy atom. The number of hydrogen-bond donors (Lipinski definition) is 1. The van der Waals surface area contributed by atoms with Crippen LogP contribution in [0.15, 0.2) is 5.38 Å². The van der Waals surface area contributed by atoms with Crippen LogP contribution in [0.2, 0.25) is 0 Å². The molecule has 2 rings (SSSR count). The molecule has 2 N–H and O–H groups in total. The fourth-order valence-electron chi connectivity index (χ4n) is 2.22. The first-order valence-corrected chi connectivity index (χ1v) is 6.99. The standard InChI is InChI=1S/C12H21N3S/c1-3-10-4-5-15(6-10)7-11-8-16-12(14-11)9(2)13/h8-10H,3-7,13H2,1-2H3. The third-order valence-electron chi connectivity index (χ3n) is 3.29. The van der Waals surface area contributed by atoms with Gasteiger partial charge >= 0.3 is 0 Å². The van der Waals surface area contributed by atoms with Gasteiger partial charge in [0, 0.05) is 18.5 Å². The maximum atomic E-state index is 5.81. The molecule has 1 aromatic heterocycles. The van der Waals surface area contributed by atoms with Crippen molar-refractivity contribution in [2.75, 3.05) is 13.1 Å². The summed E-state index contributed by atoms with van der Waals surface area (Å²) < 4.78 is 0. The topological polar surface area (TPSA) is 42.1 Å². The van der Waals surface area contributed by atoms with Gasteiger partial charge in [0.15, 0.2) is 0 Å². The number of nitrogens with zero attached hydrogens (tertiary/aromatic N) is 2. The van der Waals surface area contributed by atoms with Crippen LogP contribution in [-0.4, -0.2) is 23.0 Å². The molecule has 1 aliphatic rings. The van der Waals surface area contributed by atoms with Crippen LogP contribution in [0.25, 0.3) is 0 Å². The lowest BCUT2D eigenvalue weighted by molar-refractivity contribution is 0.312. The van der Waals surface area contributed by atoms with Crippen molar-refractivity contribution in [3.05, 3.63) is 16.1 Å². The molecule has 16 heavy (non-hydrogen) atoms. The van der Waals surface area contributed by atoms with Crippen LogP contribution in [-0.2, 0) is 6.54 Å². The van der Waals surface area contributed by atoms with Crippen molar-refractivity contribution in [1.82, 2.24) is 9.88 Å².